The van der Waals surface area contributed by atoms with E-state index in [1.54, 1.807) is 0 Å². The summed E-state index contributed by atoms with van der Waals surface area (Å²) >= 11 is 0. The number of anilines is 3. The quantitative estimate of drug-likeness (QED) is 0.546. The summed E-state index contributed by atoms with van der Waals surface area (Å²) in [6.07, 6.45) is 2.20. The summed E-state index contributed by atoms with van der Waals surface area (Å²) in [4.78, 5) is 12.1. The van der Waals surface area contributed by atoms with Crippen molar-refractivity contribution in [2.45, 2.75) is 19.8 Å². The van der Waals surface area contributed by atoms with Crippen molar-refractivity contribution in [3.05, 3.63) is 29.8 Å². The standard InChI is InChI=1S/C13H18N6O/c1-3-4-9-5-7-10(8-6-9)15-11-16-12(19-14)18-13(17-11)20-2/h5-8H,3-4,14H2,1-2H3,(H2,15,16,17,18,19). The molecule has 20 heavy (non-hydrogen) atoms. The molecule has 0 spiro atoms. The van der Waals surface area contributed by atoms with Gasteiger partial charge in [0.25, 0.3) is 0 Å². The molecule has 7 nitrogen and oxygen atoms in total. The summed E-state index contributed by atoms with van der Waals surface area (Å²) in [5, 5.41) is 3.08. The number of nitrogens with zero attached hydrogens (tertiary/aromatic N) is 3. The summed E-state index contributed by atoms with van der Waals surface area (Å²) in [7, 11) is 1.49. The van der Waals surface area contributed by atoms with E-state index in [-0.39, 0.29) is 12.0 Å². The fourth-order valence-electron chi connectivity index (χ4n) is 1.74. The maximum absolute atomic E-state index is 5.30. The number of aryl methyl sites for hydroxylation is 1. The number of nitrogen functional groups attached to an aromatic ring is 1. The molecule has 0 bridgehead atoms. The molecule has 0 radical (unpaired) electrons. The maximum Gasteiger partial charge on any atom is 0.322 e. The zero-order valence-corrected chi connectivity index (χ0v) is 11.6. The highest BCUT2D eigenvalue weighted by Gasteiger charge is 2.06. The first-order valence-electron chi connectivity index (χ1n) is 6.37. The molecular formula is C13H18N6O. The largest absolute Gasteiger partial charge is 0.467 e. The minimum absolute atomic E-state index is 0.193. The minimum atomic E-state index is 0.193. The van der Waals surface area contributed by atoms with Gasteiger partial charge in [0, 0.05) is 5.69 Å². The molecule has 0 fully saturated rings. The van der Waals surface area contributed by atoms with Crippen LogP contribution in [0.3, 0.4) is 0 Å². The van der Waals surface area contributed by atoms with Gasteiger partial charge < -0.3 is 10.1 Å². The summed E-state index contributed by atoms with van der Waals surface area (Å²) in [6, 6.07) is 8.31. The van der Waals surface area contributed by atoms with Gasteiger partial charge in [-0.25, -0.2) is 5.84 Å². The monoisotopic (exact) mass is 274 g/mol. The van der Waals surface area contributed by atoms with Gasteiger partial charge in [0.2, 0.25) is 11.9 Å². The number of aromatic nitrogens is 3. The lowest BCUT2D eigenvalue weighted by Gasteiger charge is -2.08. The van der Waals surface area contributed by atoms with E-state index >= 15 is 0 Å². The van der Waals surface area contributed by atoms with Crippen molar-refractivity contribution in [2.24, 2.45) is 5.84 Å². The average Bonchev–Trinajstić information content (AvgIpc) is 2.49. The highest BCUT2D eigenvalue weighted by Crippen LogP contribution is 2.17. The van der Waals surface area contributed by atoms with E-state index < -0.39 is 0 Å². The normalized spacial score (nSPS) is 10.2. The SMILES string of the molecule is CCCc1ccc(Nc2nc(NN)nc(OC)n2)cc1. The Kier molecular flexibility index (Phi) is 4.67. The van der Waals surface area contributed by atoms with Crippen molar-refractivity contribution >= 4 is 17.6 Å². The second-order valence-electron chi connectivity index (χ2n) is 4.19. The maximum atomic E-state index is 5.30. The fraction of sp³-hybridized carbons (Fsp3) is 0.308. The third-order valence-electron chi connectivity index (χ3n) is 2.68. The van der Waals surface area contributed by atoms with E-state index in [1.165, 1.54) is 12.7 Å². The molecule has 1 aromatic carbocycles. The molecule has 2 rings (SSSR count). The molecule has 2 aromatic rings. The van der Waals surface area contributed by atoms with Crippen molar-refractivity contribution in [3.63, 3.8) is 0 Å². The molecule has 0 amide bonds. The van der Waals surface area contributed by atoms with Crippen molar-refractivity contribution in [1.29, 1.82) is 0 Å². The van der Waals surface area contributed by atoms with Crippen LogP contribution in [0.2, 0.25) is 0 Å². The molecule has 0 unspecified atom stereocenters. The number of nitrogens with one attached hydrogen (secondary N) is 2. The minimum Gasteiger partial charge on any atom is -0.467 e. The van der Waals surface area contributed by atoms with Crippen LogP contribution in [0.5, 0.6) is 6.01 Å². The number of methoxy groups -OCH3 is 1. The number of hydrogen-bond acceptors (Lipinski definition) is 7. The van der Waals surface area contributed by atoms with Gasteiger partial charge in [-0.15, -0.1) is 0 Å². The van der Waals surface area contributed by atoms with Crippen LogP contribution in [0.4, 0.5) is 17.6 Å². The lowest BCUT2D eigenvalue weighted by atomic mass is 10.1. The molecule has 0 aliphatic carbocycles. The zero-order valence-electron chi connectivity index (χ0n) is 11.6. The van der Waals surface area contributed by atoms with Gasteiger partial charge in [0.15, 0.2) is 0 Å². The molecule has 7 heteroatoms. The fourth-order valence-corrected chi connectivity index (χ4v) is 1.74. The second-order valence-corrected chi connectivity index (χ2v) is 4.19. The van der Waals surface area contributed by atoms with Crippen LogP contribution in [0.15, 0.2) is 24.3 Å². The number of benzene rings is 1. The van der Waals surface area contributed by atoms with Crippen molar-refractivity contribution in [2.75, 3.05) is 17.9 Å². The molecular weight excluding hydrogens is 256 g/mol. The summed E-state index contributed by atoms with van der Waals surface area (Å²) in [5.41, 5.74) is 4.56. The van der Waals surface area contributed by atoms with Gasteiger partial charge >= 0.3 is 6.01 Å². The Morgan fingerprint density at radius 3 is 2.40 bits per heavy atom. The van der Waals surface area contributed by atoms with Crippen LogP contribution in [0, 0.1) is 0 Å². The van der Waals surface area contributed by atoms with Crippen LogP contribution in [0.1, 0.15) is 18.9 Å². The van der Waals surface area contributed by atoms with Gasteiger partial charge in [-0.2, -0.15) is 15.0 Å². The number of hydrogen-bond donors (Lipinski definition) is 3. The lowest BCUT2D eigenvalue weighted by molar-refractivity contribution is 0.379. The Hall–Kier alpha value is -2.41. The van der Waals surface area contributed by atoms with Crippen LogP contribution in [-0.4, -0.2) is 22.1 Å². The van der Waals surface area contributed by atoms with E-state index in [0.29, 0.717) is 5.95 Å². The summed E-state index contributed by atoms with van der Waals surface area (Å²) < 4.78 is 4.99. The van der Waals surface area contributed by atoms with E-state index in [1.807, 2.05) is 12.1 Å². The highest BCUT2D eigenvalue weighted by molar-refractivity contribution is 5.54. The van der Waals surface area contributed by atoms with Gasteiger partial charge in [0.1, 0.15) is 0 Å². The average molecular weight is 274 g/mol. The predicted molar refractivity (Wildman–Crippen MR) is 77.9 cm³/mol. The number of hydrazine groups is 1. The third-order valence-corrected chi connectivity index (χ3v) is 2.68. The summed E-state index contributed by atoms with van der Waals surface area (Å²) in [6.45, 7) is 2.16. The molecule has 0 aliphatic heterocycles. The van der Waals surface area contributed by atoms with E-state index in [4.69, 9.17) is 10.6 Å². The van der Waals surface area contributed by atoms with Gasteiger partial charge in [-0.3, -0.25) is 5.43 Å². The van der Waals surface area contributed by atoms with Gasteiger partial charge in [-0.1, -0.05) is 25.5 Å². The van der Waals surface area contributed by atoms with Crippen LogP contribution in [0.25, 0.3) is 0 Å². The van der Waals surface area contributed by atoms with E-state index in [0.717, 1.165) is 18.5 Å². The Labute approximate surface area is 117 Å². The zero-order chi connectivity index (χ0) is 14.4. The van der Waals surface area contributed by atoms with E-state index in [2.05, 4.69) is 44.8 Å². The molecule has 0 saturated carbocycles. The Morgan fingerprint density at radius 1 is 1.10 bits per heavy atom. The number of rotatable bonds is 6. The molecule has 1 heterocycles. The Balaban J connectivity index is 2.16. The molecule has 0 saturated heterocycles. The molecule has 0 aliphatic rings. The van der Waals surface area contributed by atoms with Crippen LogP contribution < -0.4 is 21.3 Å². The molecule has 106 valence electrons. The number of ether oxygens (including phenoxy) is 1. The van der Waals surface area contributed by atoms with Crippen molar-refractivity contribution in [1.82, 2.24) is 15.0 Å². The third kappa shape index (κ3) is 3.55. The lowest BCUT2D eigenvalue weighted by Crippen LogP contribution is -2.13. The Morgan fingerprint density at radius 2 is 1.80 bits per heavy atom. The second kappa shape index (κ2) is 6.67. The molecule has 0 atom stereocenters. The van der Waals surface area contributed by atoms with Crippen LogP contribution in [-0.2, 0) is 6.42 Å². The van der Waals surface area contributed by atoms with Crippen molar-refractivity contribution < 1.29 is 4.74 Å². The topological polar surface area (TPSA) is 98.0 Å². The predicted octanol–water partition coefficient (Wildman–Crippen LogP) is 1.86. The Bertz CT molecular complexity index is 535. The van der Waals surface area contributed by atoms with Gasteiger partial charge in [0.05, 0.1) is 7.11 Å². The number of nitrogens with two attached hydrogens (primary N) is 1. The first kappa shape index (κ1) is 14.0. The molecule has 4 N–H and O–H groups in total. The van der Waals surface area contributed by atoms with E-state index in [9.17, 15) is 0 Å². The molecule has 1 aromatic heterocycles. The first-order valence-corrected chi connectivity index (χ1v) is 6.37. The summed E-state index contributed by atoms with van der Waals surface area (Å²) in [5.74, 6) is 5.91. The van der Waals surface area contributed by atoms with Crippen molar-refractivity contribution in [3.8, 4) is 6.01 Å². The van der Waals surface area contributed by atoms with Crippen LogP contribution >= 0.6 is 0 Å². The highest BCUT2D eigenvalue weighted by atomic mass is 16.5. The van der Waals surface area contributed by atoms with Gasteiger partial charge in [-0.05, 0) is 24.1 Å². The first-order chi connectivity index (χ1) is 9.75. The smallest absolute Gasteiger partial charge is 0.322 e.